The largest absolute Gasteiger partial charge is 0.309 e. The van der Waals surface area contributed by atoms with Crippen LogP contribution in [-0.2, 0) is 0 Å². The van der Waals surface area contributed by atoms with Gasteiger partial charge < -0.3 is 9.88 Å². The van der Waals surface area contributed by atoms with Crippen molar-refractivity contribution in [2.45, 2.75) is 38.8 Å². The number of anilines is 1. The fourth-order valence-corrected chi connectivity index (χ4v) is 4.15. The first-order valence-corrected chi connectivity index (χ1v) is 11.7. The lowest BCUT2D eigenvalue weighted by Gasteiger charge is -2.10. The normalized spacial score (nSPS) is 13.5. The molecule has 1 aliphatic rings. The number of aromatic nitrogens is 7. The lowest BCUT2D eigenvalue weighted by atomic mass is 10.0. The summed E-state index contributed by atoms with van der Waals surface area (Å²) >= 11 is 0. The van der Waals surface area contributed by atoms with Crippen molar-refractivity contribution in [1.29, 1.82) is 0 Å². The molecule has 0 bridgehead atoms. The number of amides is 1. The average Bonchev–Trinajstić information content (AvgIpc) is 3.38. The first-order chi connectivity index (χ1) is 17.1. The Morgan fingerprint density at radius 2 is 2.00 bits per heavy atom. The number of hydrogen-bond donors (Lipinski definition) is 1. The van der Waals surface area contributed by atoms with Gasteiger partial charge in [0, 0.05) is 35.4 Å². The average molecular weight is 465 g/mol. The number of benzene rings is 1. The maximum absolute atomic E-state index is 13.3. The van der Waals surface area contributed by atoms with Crippen LogP contribution in [0.3, 0.4) is 0 Å². The minimum atomic E-state index is -0.249. The fourth-order valence-electron chi connectivity index (χ4n) is 4.15. The summed E-state index contributed by atoms with van der Waals surface area (Å²) in [7, 11) is 0. The third-order valence-corrected chi connectivity index (χ3v) is 6.18. The maximum Gasteiger partial charge on any atom is 0.257 e. The van der Waals surface area contributed by atoms with E-state index >= 15 is 0 Å². The van der Waals surface area contributed by atoms with E-state index in [9.17, 15) is 4.79 Å². The summed E-state index contributed by atoms with van der Waals surface area (Å²) in [6.45, 7) is 4.17. The van der Waals surface area contributed by atoms with Crippen molar-refractivity contribution < 1.29 is 4.79 Å². The molecule has 0 saturated heterocycles. The third kappa shape index (κ3) is 4.05. The van der Waals surface area contributed by atoms with Crippen molar-refractivity contribution in [3.8, 4) is 22.6 Å². The zero-order chi connectivity index (χ0) is 23.9. The Morgan fingerprint density at radius 3 is 2.80 bits per heavy atom. The second-order valence-corrected chi connectivity index (χ2v) is 9.05. The molecule has 9 nitrogen and oxygen atoms in total. The van der Waals surface area contributed by atoms with Crippen molar-refractivity contribution in [2.75, 3.05) is 5.32 Å². The molecule has 0 atom stereocenters. The van der Waals surface area contributed by atoms with Crippen molar-refractivity contribution >= 4 is 22.6 Å². The molecule has 1 amide bonds. The summed E-state index contributed by atoms with van der Waals surface area (Å²) in [4.78, 5) is 22.4. The molecular formula is C26H24N8O. The zero-order valence-corrected chi connectivity index (χ0v) is 19.5. The monoisotopic (exact) mass is 464 g/mol. The molecule has 0 unspecified atom stereocenters. The number of nitrogens with one attached hydrogen (secondary N) is 1. The van der Waals surface area contributed by atoms with Gasteiger partial charge in [-0.1, -0.05) is 12.1 Å². The molecule has 1 saturated carbocycles. The summed E-state index contributed by atoms with van der Waals surface area (Å²) in [6.07, 6.45) is 9.49. The Morgan fingerprint density at radius 1 is 1.11 bits per heavy atom. The van der Waals surface area contributed by atoms with Crippen LogP contribution < -0.4 is 5.32 Å². The summed E-state index contributed by atoms with van der Waals surface area (Å²) < 4.78 is 3.96. The molecule has 4 heterocycles. The SMILES string of the molecule is CC(C)n1cc(-c2ccc3nccc(C(=O)Nc4cccc(-c5nncn5C5CC5)n4)c3c2)cn1. The quantitative estimate of drug-likeness (QED) is 0.383. The highest BCUT2D eigenvalue weighted by molar-refractivity contribution is 6.12. The Labute approximate surface area is 201 Å². The molecule has 0 aliphatic heterocycles. The number of fused-ring (bicyclic) bond motifs is 1. The fraction of sp³-hybridized carbons (Fsp3) is 0.231. The molecule has 5 aromatic rings. The summed E-state index contributed by atoms with van der Waals surface area (Å²) in [5.41, 5.74) is 3.92. The smallest absolute Gasteiger partial charge is 0.257 e. The molecule has 0 spiro atoms. The van der Waals surface area contributed by atoms with Crippen molar-refractivity contribution in [3.05, 3.63) is 72.9 Å². The van der Waals surface area contributed by atoms with Crippen LogP contribution in [0.15, 0.2) is 67.4 Å². The predicted molar refractivity (Wildman–Crippen MR) is 133 cm³/mol. The van der Waals surface area contributed by atoms with E-state index in [0.29, 0.717) is 28.9 Å². The van der Waals surface area contributed by atoms with Crippen LogP contribution in [0.4, 0.5) is 5.82 Å². The van der Waals surface area contributed by atoms with Gasteiger partial charge in [-0.05, 0) is 62.6 Å². The maximum atomic E-state index is 13.3. The molecular weight excluding hydrogens is 440 g/mol. The van der Waals surface area contributed by atoms with Gasteiger partial charge in [0.15, 0.2) is 5.82 Å². The van der Waals surface area contributed by atoms with Gasteiger partial charge in [-0.15, -0.1) is 10.2 Å². The molecule has 174 valence electrons. The molecule has 1 fully saturated rings. The number of rotatable bonds is 6. The number of carbonyl (C=O) groups is 1. The molecule has 9 heteroatoms. The van der Waals surface area contributed by atoms with Crippen LogP contribution >= 0.6 is 0 Å². The van der Waals surface area contributed by atoms with Crippen LogP contribution in [0.25, 0.3) is 33.5 Å². The van der Waals surface area contributed by atoms with Crippen LogP contribution in [0.5, 0.6) is 0 Å². The van der Waals surface area contributed by atoms with E-state index in [4.69, 9.17) is 0 Å². The number of carbonyl (C=O) groups excluding carboxylic acids is 1. The van der Waals surface area contributed by atoms with E-state index in [1.165, 1.54) is 0 Å². The van der Waals surface area contributed by atoms with Crippen molar-refractivity contribution in [2.24, 2.45) is 0 Å². The van der Waals surface area contributed by atoms with Crippen LogP contribution in [0.2, 0.25) is 0 Å². The molecule has 1 aromatic carbocycles. The minimum absolute atomic E-state index is 0.249. The number of hydrogen-bond acceptors (Lipinski definition) is 6. The first kappa shape index (κ1) is 21.2. The predicted octanol–water partition coefficient (Wildman–Crippen LogP) is 4.92. The highest BCUT2D eigenvalue weighted by Crippen LogP contribution is 2.37. The van der Waals surface area contributed by atoms with Gasteiger partial charge in [-0.3, -0.25) is 14.5 Å². The second-order valence-electron chi connectivity index (χ2n) is 9.05. The van der Waals surface area contributed by atoms with E-state index in [1.807, 2.05) is 52.0 Å². The second kappa shape index (κ2) is 8.43. The molecule has 35 heavy (non-hydrogen) atoms. The highest BCUT2D eigenvalue weighted by Gasteiger charge is 2.27. The number of pyridine rings is 2. The Hall–Kier alpha value is -4.40. The van der Waals surface area contributed by atoms with E-state index < -0.39 is 0 Å². The van der Waals surface area contributed by atoms with Crippen LogP contribution in [0, 0.1) is 0 Å². The van der Waals surface area contributed by atoms with E-state index in [0.717, 1.165) is 34.9 Å². The topological polar surface area (TPSA) is 103 Å². The molecule has 6 rings (SSSR count). The summed E-state index contributed by atoms with van der Waals surface area (Å²) in [6, 6.07) is 13.9. The first-order valence-electron chi connectivity index (χ1n) is 11.7. The molecule has 0 radical (unpaired) electrons. The Balaban J connectivity index is 1.31. The standard InChI is InChI=1S/C26H24N8O/c1-16(2)34-14-18(13-29-34)17-6-9-22-21(12-17)20(10-11-27-22)26(35)31-24-5-3-4-23(30-24)25-32-28-15-33(25)19-7-8-19/h3-6,9-16,19H,7-8H2,1-2H3,(H,30,31,35). The van der Waals surface area contributed by atoms with Gasteiger partial charge >= 0.3 is 0 Å². The van der Waals surface area contributed by atoms with E-state index in [2.05, 4.69) is 44.4 Å². The molecule has 1 N–H and O–H groups in total. The van der Waals surface area contributed by atoms with E-state index in [-0.39, 0.29) is 11.9 Å². The van der Waals surface area contributed by atoms with E-state index in [1.54, 1.807) is 24.7 Å². The molecule has 1 aliphatic carbocycles. The summed E-state index contributed by atoms with van der Waals surface area (Å²) in [5, 5.41) is 16.4. The van der Waals surface area contributed by atoms with Crippen molar-refractivity contribution in [1.82, 2.24) is 34.5 Å². The van der Waals surface area contributed by atoms with Gasteiger partial charge in [0.25, 0.3) is 5.91 Å². The van der Waals surface area contributed by atoms with Gasteiger partial charge in [0.05, 0.1) is 17.3 Å². The van der Waals surface area contributed by atoms with Gasteiger partial charge in [-0.2, -0.15) is 5.10 Å². The molecule has 4 aromatic heterocycles. The minimum Gasteiger partial charge on any atom is -0.309 e. The Bertz CT molecular complexity index is 1550. The van der Waals surface area contributed by atoms with Gasteiger partial charge in [0.1, 0.15) is 17.8 Å². The number of nitrogens with zero attached hydrogens (tertiary/aromatic N) is 7. The summed E-state index contributed by atoms with van der Waals surface area (Å²) in [5.74, 6) is 0.919. The van der Waals surface area contributed by atoms with Crippen LogP contribution in [0.1, 0.15) is 49.1 Å². The van der Waals surface area contributed by atoms with Gasteiger partial charge in [-0.25, -0.2) is 4.98 Å². The van der Waals surface area contributed by atoms with Gasteiger partial charge in [0.2, 0.25) is 0 Å². The lowest BCUT2D eigenvalue weighted by molar-refractivity contribution is 0.102. The van der Waals surface area contributed by atoms with Crippen molar-refractivity contribution in [3.63, 3.8) is 0 Å². The Kier molecular flexibility index (Phi) is 5.09. The lowest BCUT2D eigenvalue weighted by Crippen LogP contribution is -2.14. The third-order valence-electron chi connectivity index (χ3n) is 6.18. The van der Waals surface area contributed by atoms with Crippen LogP contribution in [-0.4, -0.2) is 40.4 Å². The zero-order valence-electron chi connectivity index (χ0n) is 19.5. The highest BCUT2D eigenvalue weighted by atomic mass is 16.1.